The summed E-state index contributed by atoms with van der Waals surface area (Å²) in [6, 6.07) is 9.54. The normalized spacial score (nSPS) is 10.9. The fourth-order valence-corrected chi connectivity index (χ4v) is 2.91. The van der Waals surface area contributed by atoms with Gasteiger partial charge in [-0.25, -0.2) is 15.0 Å². The van der Waals surface area contributed by atoms with Crippen LogP contribution in [0.15, 0.2) is 53.7 Å². The summed E-state index contributed by atoms with van der Waals surface area (Å²) in [5.41, 5.74) is 4.19. The van der Waals surface area contributed by atoms with Crippen molar-refractivity contribution in [2.24, 2.45) is 0 Å². The fraction of sp³-hybridized carbons (Fsp3) is 0.200. The van der Waals surface area contributed by atoms with Gasteiger partial charge in [-0.2, -0.15) is 0 Å². The maximum Gasteiger partial charge on any atom is 0.251 e. The number of rotatable bonds is 5. The van der Waals surface area contributed by atoms with Crippen molar-refractivity contribution in [2.45, 2.75) is 26.8 Å². The number of nitrogens with zero attached hydrogens (tertiary/aromatic N) is 6. The highest BCUT2D eigenvalue weighted by Gasteiger charge is 2.08. The van der Waals surface area contributed by atoms with Crippen molar-refractivity contribution in [1.82, 2.24) is 34.9 Å². The topological polar surface area (TPSA) is 102 Å². The van der Waals surface area contributed by atoms with Crippen molar-refractivity contribution in [3.8, 4) is 22.6 Å². The molecule has 1 aromatic carbocycles. The minimum Gasteiger partial charge on any atom is -0.310 e. The lowest BCUT2D eigenvalue weighted by Crippen LogP contribution is -2.13. The maximum absolute atomic E-state index is 11.5. The van der Waals surface area contributed by atoms with Crippen LogP contribution in [-0.2, 0) is 13.0 Å². The van der Waals surface area contributed by atoms with Crippen LogP contribution in [0.3, 0.4) is 0 Å². The van der Waals surface area contributed by atoms with E-state index in [0.717, 1.165) is 16.7 Å². The van der Waals surface area contributed by atoms with Crippen LogP contribution >= 0.6 is 0 Å². The molecule has 3 aromatic heterocycles. The summed E-state index contributed by atoms with van der Waals surface area (Å²) in [4.78, 5) is 27.5. The van der Waals surface area contributed by atoms with Crippen LogP contribution in [-0.4, -0.2) is 34.9 Å². The van der Waals surface area contributed by atoms with Gasteiger partial charge in [-0.05, 0) is 19.9 Å². The third kappa shape index (κ3) is 4.01. The Balaban J connectivity index is 1.47. The fourth-order valence-electron chi connectivity index (χ4n) is 2.91. The van der Waals surface area contributed by atoms with Crippen molar-refractivity contribution in [2.75, 3.05) is 0 Å². The summed E-state index contributed by atoms with van der Waals surface area (Å²) in [7, 11) is 0. The first-order valence-electron chi connectivity index (χ1n) is 8.93. The highest BCUT2D eigenvalue weighted by molar-refractivity contribution is 5.60. The molecule has 3 heterocycles. The van der Waals surface area contributed by atoms with Crippen molar-refractivity contribution < 1.29 is 0 Å². The van der Waals surface area contributed by atoms with Crippen LogP contribution in [0.25, 0.3) is 22.6 Å². The summed E-state index contributed by atoms with van der Waals surface area (Å²) >= 11 is 0. The molecule has 0 unspecified atom stereocenters. The Morgan fingerprint density at radius 3 is 2.64 bits per heavy atom. The number of nitrogens with one attached hydrogen (secondary N) is 1. The first kappa shape index (κ1) is 17.7. The van der Waals surface area contributed by atoms with Gasteiger partial charge in [-0.3, -0.25) is 9.48 Å². The number of benzene rings is 1. The number of hydrogen-bond acceptors (Lipinski definition) is 6. The van der Waals surface area contributed by atoms with E-state index in [1.54, 1.807) is 24.0 Å². The van der Waals surface area contributed by atoms with Gasteiger partial charge in [0.15, 0.2) is 5.82 Å². The van der Waals surface area contributed by atoms with Gasteiger partial charge in [0.1, 0.15) is 11.5 Å². The molecule has 0 bridgehead atoms. The van der Waals surface area contributed by atoms with Crippen LogP contribution in [0.2, 0.25) is 0 Å². The van der Waals surface area contributed by atoms with E-state index in [9.17, 15) is 4.79 Å². The number of aromatic nitrogens is 7. The maximum atomic E-state index is 11.5. The summed E-state index contributed by atoms with van der Waals surface area (Å²) < 4.78 is 1.71. The van der Waals surface area contributed by atoms with E-state index in [-0.39, 0.29) is 5.56 Å². The molecule has 0 amide bonds. The quantitative estimate of drug-likeness (QED) is 0.576. The van der Waals surface area contributed by atoms with E-state index < -0.39 is 0 Å². The van der Waals surface area contributed by atoms with E-state index in [1.807, 2.05) is 31.3 Å². The van der Waals surface area contributed by atoms with E-state index in [4.69, 9.17) is 0 Å². The van der Waals surface area contributed by atoms with Gasteiger partial charge in [0.25, 0.3) is 5.56 Å². The zero-order chi connectivity index (χ0) is 19.5. The van der Waals surface area contributed by atoms with E-state index >= 15 is 0 Å². The lowest BCUT2D eigenvalue weighted by molar-refractivity contribution is 0.575. The van der Waals surface area contributed by atoms with Crippen molar-refractivity contribution in [1.29, 1.82) is 0 Å². The monoisotopic (exact) mass is 373 g/mol. The molecule has 28 heavy (non-hydrogen) atoms. The molecule has 0 atom stereocenters. The molecular formula is C20H19N7O. The molecule has 140 valence electrons. The van der Waals surface area contributed by atoms with Crippen LogP contribution in [0, 0.1) is 13.8 Å². The second kappa shape index (κ2) is 7.51. The minimum absolute atomic E-state index is 0.146. The average molecular weight is 373 g/mol. The number of H-pyrrole nitrogens is 1. The third-order valence-electron chi connectivity index (χ3n) is 4.26. The first-order chi connectivity index (χ1) is 13.6. The Hall–Kier alpha value is -3.68. The Morgan fingerprint density at radius 2 is 1.89 bits per heavy atom. The molecule has 0 radical (unpaired) electrons. The zero-order valence-corrected chi connectivity index (χ0v) is 15.6. The number of aryl methyl sites for hydroxylation is 4. The Labute approximate surface area is 161 Å². The van der Waals surface area contributed by atoms with Gasteiger partial charge in [-0.15, -0.1) is 5.10 Å². The molecule has 0 fully saturated rings. The molecule has 1 N–H and O–H groups in total. The molecule has 0 aliphatic carbocycles. The van der Waals surface area contributed by atoms with Crippen LogP contribution in [0.5, 0.6) is 0 Å². The minimum atomic E-state index is -0.146. The first-order valence-corrected chi connectivity index (χ1v) is 8.93. The van der Waals surface area contributed by atoms with Crippen molar-refractivity contribution in [3.63, 3.8) is 0 Å². The molecule has 0 saturated carbocycles. The molecule has 8 nitrogen and oxygen atoms in total. The molecule has 8 heteroatoms. The van der Waals surface area contributed by atoms with Crippen molar-refractivity contribution >= 4 is 0 Å². The lowest BCUT2D eigenvalue weighted by Gasteiger charge is -2.02. The van der Waals surface area contributed by atoms with Crippen LogP contribution < -0.4 is 5.56 Å². The van der Waals surface area contributed by atoms with Gasteiger partial charge >= 0.3 is 0 Å². The summed E-state index contributed by atoms with van der Waals surface area (Å²) in [6.45, 7) is 4.40. The van der Waals surface area contributed by atoms with E-state index in [2.05, 4.69) is 36.3 Å². The zero-order valence-electron chi connectivity index (χ0n) is 15.6. The van der Waals surface area contributed by atoms with Crippen LogP contribution in [0.1, 0.15) is 17.1 Å². The number of hydrogen-bond donors (Lipinski definition) is 1. The van der Waals surface area contributed by atoms with Gasteiger partial charge in [0.05, 0.1) is 6.20 Å². The predicted molar refractivity (Wildman–Crippen MR) is 105 cm³/mol. The molecule has 0 saturated heterocycles. The molecule has 0 aliphatic heterocycles. The highest BCUT2D eigenvalue weighted by atomic mass is 16.1. The molecule has 4 rings (SSSR count). The second-order valence-electron chi connectivity index (χ2n) is 6.62. The molecule has 0 aliphatic rings. The Morgan fingerprint density at radius 1 is 1.07 bits per heavy atom. The highest BCUT2D eigenvalue weighted by Crippen LogP contribution is 2.19. The summed E-state index contributed by atoms with van der Waals surface area (Å²) in [5.74, 6) is 1.31. The van der Waals surface area contributed by atoms with Gasteiger partial charge in [-0.1, -0.05) is 29.0 Å². The summed E-state index contributed by atoms with van der Waals surface area (Å²) in [5, 5.41) is 8.33. The van der Waals surface area contributed by atoms with Crippen LogP contribution in [0.4, 0.5) is 0 Å². The third-order valence-corrected chi connectivity index (χ3v) is 4.26. The molecule has 0 spiro atoms. The Kier molecular flexibility index (Phi) is 4.76. The van der Waals surface area contributed by atoms with E-state index in [0.29, 0.717) is 36.0 Å². The smallest absolute Gasteiger partial charge is 0.251 e. The van der Waals surface area contributed by atoms with Crippen molar-refractivity contribution in [3.05, 3.63) is 76.4 Å². The second-order valence-corrected chi connectivity index (χ2v) is 6.62. The Bertz CT molecular complexity index is 1160. The predicted octanol–water partition coefficient (Wildman–Crippen LogP) is 2.34. The average Bonchev–Trinajstić information content (AvgIpc) is 3.15. The lowest BCUT2D eigenvalue weighted by atomic mass is 10.1. The molecular weight excluding hydrogens is 354 g/mol. The van der Waals surface area contributed by atoms with Gasteiger partial charge < -0.3 is 4.98 Å². The van der Waals surface area contributed by atoms with Gasteiger partial charge in [0, 0.05) is 48.2 Å². The SMILES string of the molecule is Cc1cccc(-c2ncc(-c3cn(CCc4nc(C)cc(=O)[nH]4)nn3)cn2)c1. The molecule has 4 aromatic rings. The van der Waals surface area contributed by atoms with E-state index in [1.165, 1.54) is 6.07 Å². The van der Waals surface area contributed by atoms with Gasteiger partial charge in [0.2, 0.25) is 0 Å². The standard InChI is InChI=1S/C20H19N7O/c1-13-4-3-5-15(8-13)20-21-10-16(11-22-20)17-12-27(26-25-17)7-6-18-23-14(2)9-19(28)24-18/h3-5,8-12H,6-7H2,1-2H3,(H,23,24,28). The number of aromatic amines is 1. The summed E-state index contributed by atoms with van der Waals surface area (Å²) in [6.07, 6.45) is 5.89. The largest absolute Gasteiger partial charge is 0.310 e.